The van der Waals surface area contributed by atoms with Crippen LogP contribution in [-0.2, 0) is 19.1 Å². The fraction of sp³-hybridized carbons (Fsp3) is 0.333. The number of carbonyl (C=O) groups is 3. The van der Waals surface area contributed by atoms with Gasteiger partial charge in [0.1, 0.15) is 6.29 Å². The zero-order valence-electron chi connectivity index (χ0n) is 8.50. The summed E-state index contributed by atoms with van der Waals surface area (Å²) in [6.07, 6.45) is 0.945. The fourth-order valence-corrected chi connectivity index (χ4v) is 1.73. The van der Waals surface area contributed by atoms with Crippen LogP contribution in [0.2, 0.25) is 0 Å². The van der Waals surface area contributed by atoms with E-state index < -0.39 is 11.9 Å². The maximum absolute atomic E-state index is 11.4. The molecule has 0 bridgehead atoms. The monoisotopic (exact) mass is 242 g/mol. The predicted octanol–water partition coefficient (Wildman–Crippen LogP) is 0.557. The van der Waals surface area contributed by atoms with E-state index in [0.717, 1.165) is 11.3 Å². The Kier molecular flexibility index (Phi) is 4.59. The molecule has 1 heterocycles. The number of nitrogens with zero attached hydrogens (tertiary/aromatic N) is 1. The number of ether oxygens (including phenoxy) is 1. The molecule has 1 rings (SSSR count). The average molecular weight is 242 g/mol. The van der Waals surface area contributed by atoms with Crippen molar-refractivity contribution in [2.75, 3.05) is 11.9 Å². The first-order valence-electron chi connectivity index (χ1n) is 4.50. The normalized spacial score (nSPS) is 11.6. The minimum atomic E-state index is -1.03. The second-order valence-electron chi connectivity index (χ2n) is 2.71. The second kappa shape index (κ2) is 5.96. The van der Waals surface area contributed by atoms with Gasteiger partial charge < -0.3 is 14.8 Å². The van der Waals surface area contributed by atoms with Gasteiger partial charge in [-0.25, -0.2) is 4.98 Å². The van der Waals surface area contributed by atoms with Gasteiger partial charge in [0, 0.05) is 5.38 Å². The van der Waals surface area contributed by atoms with Crippen molar-refractivity contribution < 1.29 is 19.1 Å². The van der Waals surface area contributed by atoms with Crippen molar-refractivity contribution in [3.8, 4) is 0 Å². The summed E-state index contributed by atoms with van der Waals surface area (Å²) in [6, 6.07) is 0. The zero-order chi connectivity index (χ0) is 12.0. The van der Waals surface area contributed by atoms with E-state index in [4.69, 9.17) is 4.74 Å². The Morgan fingerprint density at radius 3 is 3.00 bits per heavy atom. The molecule has 0 aliphatic rings. The number of nitrogens with one attached hydrogen (secondary N) is 1. The summed E-state index contributed by atoms with van der Waals surface area (Å²) in [6.45, 7) is 1.85. The van der Waals surface area contributed by atoms with Crippen LogP contribution in [0.15, 0.2) is 5.38 Å². The largest absolute Gasteiger partial charge is 0.465 e. The standard InChI is InChI=1S/C9H10N2O4S/c1-2-15-8(14)6(3-12)7-4-16-9(11-7)10-5-13/h3-6H,2H2,1H3,(H,10,11,13). The molecule has 1 aromatic heterocycles. The smallest absolute Gasteiger partial charge is 0.322 e. The van der Waals surface area contributed by atoms with Crippen molar-refractivity contribution in [1.82, 2.24) is 4.98 Å². The summed E-state index contributed by atoms with van der Waals surface area (Å²) >= 11 is 1.13. The average Bonchev–Trinajstić information content (AvgIpc) is 2.68. The highest BCUT2D eigenvalue weighted by Crippen LogP contribution is 2.21. The molecular formula is C9H10N2O4S. The molecule has 6 nitrogen and oxygen atoms in total. The SMILES string of the molecule is CCOC(=O)C(C=O)c1csc(NC=O)n1. The molecule has 0 spiro atoms. The topological polar surface area (TPSA) is 85.4 Å². The minimum Gasteiger partial charge on any atom is -0.465 e. The van der Waals surface area contributed by atoms with Crippen LogP contribution in [0.1, 0.15) is 18.5 Å². The first kappa shape index (κ1) is 12.3. The lowest BCUT2D eigenvalue weighted by Gasteiger charge is -2.05. The van der Waals surface area contributed by atoms with Crippen LogP contribution in [0, 0.1) is 0 Å². The van der Waals surface area contributed by atoms with Crippen LogP contribution < -0.4 is 5.32 Å². The highest BCUT2D eigenvalue weighted by Gasteiger charge is 2.23. The van der Waals surface area contributed by atoms with Gasteiger partial charge in [0.05, 0.1) is 12.3 Å². The number of hydrogen-bond donors (Lipinski definition) is 1. The Balaban J connectivity index is 2.82. The molecular weight excluding hydrogens is 232 g/mol. The van der Waals surface area contributed by atoms with Gasteiger partial charge in [-0.3, -0.25) is 9.59 Å². The van der Waals surface area contributed by atoms with Crippen molar-refractivity contribution in [2.45, 2.75) is 12.8 Å². The Bertz CT molecular complexity index is 391. The van der Waals surface area contributed by atoms with Crippen LogP contribution in [-0.4, -0.2) is 30.3 Å². The van der Waals surface area contributed by atoms with Crippen molar-refractivity contribution in [3.63, 3.8) is 0 Å². The molecule has 1 N–H and O–H groups in total. The molecule has 0 radical (unpaired) electrons. The van der Waals surface area contributed by atoms with Gasteiger partial charge in [-0.15, -0.1) is 11.3 Å². The number of esters is 1. The second-order valence-corrected chi connectivity index (χ2v) is 3.56. The third-order valence-corrected chi connectivity index (χ3v) is 2.49. The summed E-state index contributed by atoms with van der Waals surface area (Å²) in [7, 11) is 0. The van der Waals surface area contributed by atoms with Gasteiger partial charge in [0.15, 0.2) is 11.0 Å². The van der Waals surface area contributed by atoms with E-state index in [9.17, 15) is 14.4 Å². The maximum atomic E-state index is 11.4. The molecule has 0 fully saturated rings. The van der Waals surface area contributed by atoms with Gasteiger partial charge >= 0.3 is 5.97 Å². The number of amides is 1. The van der Waals surface area contributed by atoms with Crippen LogP contribution >= 0.6 is 11.3 Å². The van der Waals surface area contributed by atoms with E-state index in [1.165, 1.54) is 5.38 Å². The molecule has 0 aliphatic heterocycles. The lowest BCUT2D eigenvalue weighted by Crippen LogP contribution is -2.17. The van der Waals surface area contributed by atoms with Gasteiger partial charge in [-0.1, -0.05) is 0 Å². The van der Waals surface area contributed by atoms with Gasteiger partial charge in [0.25, 0.3) is 0 Å². The van der Waals surface area contributed by atoms with Crippen LogP contribution in [0.3, 0.4) is 0 Å². The summed E-state index contributed by atoms with van der Waals surface area (Å²) in [5.74, 6) is -1.67. The van der Waals surface area contributed by atoms with Gasteiger partial charge in [0.2, 0.25) is 6.41 Å². The number of thiazole rings is 1. The van der Waals surface area contributed by atoms with Gasteiger partial charge in [-0.05, 0) is 6.92 Å². The van der Waals surface area contributed by atoms with E-state index in [0.29, 0.717) is 17.8 Å². The summed E-state index contributed by atoms with van der Waals surface area (Å²) in [5.41, 5.74) is 0.280. The molecule has 1 amide bonds. The zero-order valence-corrected chi connectivity index (χ0v) is 9.32. The van der Waals surface area contributed by atoms with Crippen LogP contribution in [0.5, 0.6) is 0 Å². The van der Waals surface area contributed by atoms with E-state index in [2.05, 4.69) is 10.3 Å². The molecule has 16 heavy (non-hydrogen) atoms. The Labute approximate surface area is 95.6 Å². The first-order chi connectivity index (χ1) is 7.72. The van der Waals surface area contributed by atoms with Gasteiger partial charge in [-0.2, -0.15) is 0 Å². The number of hydrogen-bond acceptors (Lipinski definition) is 6. The fourth-order valence-electron chi connectivity index (χ4n) is 1.02. The molecule has 1 unspecified atom stereocenters. The lowest BCUT2D eigenvalue weighted by atomic mass is 10.1. The van der Waals surface area contributed by atoms with Crippen LogP contribution in [0.25, 0.3) is 0 Å². The van der Waals surface area contributed by atoms with Crippen molar-refractivity contribution in [3.05, 3.63) is 11.1 Å². The van der Waals surface area contributed by atoms with E-state index in [-0.39, 0.29) is 12.3 Å². The number of aromatic nitrogens is 1. The quantitative estimate of drug-likeness (QED) is 0.447. The molecule has 0 saturated carbocycles. The summed E-state index contributed by atoms with van der Waals surface area (Å²) < 4.78 is 4.72. The number of carbonyl (C=O) groups excluding carboxylic acids is 3. The number of aldehydes is 1. The number of anilines is 1. The van der Waals surface area contributed by atoms with E-state index in [1.54, 1.807) is 6.92 Å². The number of rotatable bonds is 6. The minimum absolute atomic E-state index is 0.201. The molecule has 1 atom stereocenters. The summed E-state index contributed by atoms with van der Waals surface area (Å²) in [5, 5.41) is 4.20. The lowest BCUT2D eigenvalue weighted by molar-refractivity contribution is -0.146. The van der Waals surface area contributed by atoms with Crippen molar-refractivity contribution in [2.24, 2.45) is 0 Å². The van der Waals surface area contributed by atoms with E-state index in [1.807, 2.05) is 0 Å². The molecule has 1 aromatic rings. The molecule has 0 aliphatic carbocycles. The highest BCUT2D eigenvalue weighted by atomic mass is 32.1. The third kappa shape index (κ3) is 2.86. The first-order valence-corrected chi connectivity index (χ1v) is 5.38. The predicted molar refractivity (Wildman–Crippen MR) is 57.2 cm³/mol. The van der Waals surface area contributed by atoms with Crippen LogP contribution in [0.4, 0.5) is 5.13 Å². The molecule has 86 valence electrons. The maximum Gasteiger partial charge on any atom is 0.322 e. The molecule has 0 aromatic carbocycles. The van der Waals surface area contributed by atoms with Crippen molar-refractivity contribution >= 4 is 35.1 Å². The Morgan fingerprint density at radius 2 is 2.44 bits per heavy atom. The van der Waals surface area contributed by atoms with Crippen molar-refractivity contribution in [1.29, 1.82) is 0 Å². The molecule has 7 heteroatoms. The highest BCUT2D eigenvalue weighted by molar-refractivity contribution is 7.13. The Morgan fingerprint density at radius 1 is 1.69 bits per heavy atom. The third-order valence-electron chi connectivity index (χ3n) is 1.70. The Hall–Kier alpha value is -1.76. The van der Waals surface area contributed by atoms with E-state index >= 15 is 0 Å². The molecule has 0 saturated heterocycles. The summed E-state index contributed by atoms with van der Waals surface area (Å²) in [4.78, 5) is 36.2.